The van der Waals surface area contributed by atoms with E-state index in [9.17, 15) is 23.7 Å². The number of methoxy groups -OCH3 is 1. The van der Waals surface area contributed by atoms with Gasteiger partial charge >= 0.3 is 11.7 Å². The number of nitrogens with zero attached hydrogens (tertiary/aromatic N) is 2. The van der Waals surface area contributed by atoms with Gasteiger partial charge in [-0.05, 0) is 6.92 Å². The van der Waals surface area contributed by atoms with E-state index in [2.05, 4.69) is 14.5 Å². The van der Waals surface area contributed by atoms with Crippen LogP contribution in [0.4, 0.5) is 14.5 Å². The molecule has 104 valence electrons. The van der Waals surface area contributed by atoms with Crippen LogP contribution in [0.25, 0.3) is 0 Å². The molecule has 0 atom stereocenters. The van der Waals surface area contributed by atoms with Crippen LogP contribution in [0.1, 0.15) is 29.4 Å². The van der Waals surface area contributed by atoms with E-state index in [1.54, 1.807) is 0 Å². The molecule has 19 heavy (non-hydrogen) atoms. The van der Waals surface area contributed by atoms with E-state index in [1.807, 2.05) is 0 Å². The van der Waals surface area contributed by atoms with E-state index in [1.165, 1.54) is 6.92 Å². The first-order chi connectivity index (χ1) is 8.92. The van der Waals surface area contributed by atoms with Gasteiger partial charge in [0.15, 0.2) is 5.69 Å². The summed E-state index contributed by atoms with van der Waals surface area (Å²) in [5.74, 6) is -1.42. The number of carbonyl (C=O) groups is 1. The Balaban J connectivity index is 3.52. The van der Waals surface area contributed by atoms with Gasteiger partial charge in [0, 0.05) is 6.07 Å². The molecule has 1 aromatic rings. The lowest BCUT2D eigenvalue weighted by Crippen LogP contribution is -2.12. The van der Waals surface area contributed by atoms with Gasteiger partial charge in [0.05, 0.1) is 18.6 Å². The van der Waals surface area contributed by atoms with E-state index in [0.717, 1.165) is 13.2 Å². The summed E-state index contributed by atoms with van der Waals surface area (Å²) in [5, 5.41) is 10.8. The maximum Gasteiger partial charge on any atom is 0.345 e. The second-order valence-corrected chi connectivity index (χ2v) is 3.22. The Hall–Kier alpha value is -2.32. The first-order valence-electron chi connectivity index (χ1n) is 5.10. The molecule has 0 unspecified atom stereocenters. The largest absolute Gasteiger partial charge is 0.481 e. The molecule has 0 aromatic carbocycles. The molecule has 1 aromatic heterocycles. The average Bonchev–Trinajstić information content (AvgIpc) is 2.37. The fraction of sp³-hybridized carbons (Fsp3) is 0.400. The Bertz CT molecular complexity index is 507. The molecule has 0 saturated heterocycles. The number of halogens is 2. The lowest BCUT2D eigenvalue weighted by Gasteiger charge is -2.08. The molecule has 0 aliphatic carbocycles. The highest BCUT2D eigenvalue weighted by atomic mass is 19.3. The lowest BCUT2D eigenvalue weighted by atomic mass is 10.1. The summed E-state index contributed by atoms with van der Waals surface area (Å²) in [6.45, 7) is 1.43. The summed E-state index contributed by atoms with van der Waals surface area (Å²) in [5.41, 5.74) is -2.82. The number of esters is 1. The van der Waals surface area contributed by atoms with Crippen molar-refractivity contribution in [2.45, 2.75) is 13.3 Å². The summed E-state index contributed by atoms with van der Waals surface area (Å²) in [4.78, 5) is 24.6. The number of hydrogen-bond donors (Lipinski definition) is 0. The smallest absolute Gasteiger partial charge is 0.345 e. The second kappa shape index (κ2) is 6.03. The summed E-state index contributed by atoms with van der Waals surface area (Å²) < 4.78 is 34.7. The van der Waals surface area contributed by atoms with Crippen molar-refractivity contribution in [2.24, 2.45) is 0 Å². The first-order valence-corrected chi connectivity index (χ1v) is 5.10. The van der Waals surface area contributed by atoms with E-state index in [4.69, 9.17) is 0 Å². The standard InChI is InChI=1S/C10H10F2N2O5/c1-3-19-10(15)5-4-6(18-2)13-7(9(11)12)8(5)14(16)17/h4,9H,3H2,1-2H3. The van der Waals surface area contributed by atoms with E-state index >= 15 is 0 Å². The Kier molecular flexibility index (Phi) is 4.67. The fourth-order valence-corrected chi connectivity index (χ4v) is 1.35. The number of alkyl halides is 2. The van der Waals surface area contributed by atoms with E-state index in [0.29, 0.717) is 0 Å². The third kappa shape index (κ3) is 3.12. The van der Waals surface area contributed by atoms with Crippen molar-refractivity contribution >= 4 is 11.7 Å². The molecular weight excluding hydrogens is 266 g/mol. The molecule has 1 rings (SSSR count). The van der Waals surface area contributed by atoms with Gasteiger partial charge in [0.1, 0.15) is 5.56 Å². The first kappa shape index (κ1) is 14.7. The maximum atomic E-state index is 12.8. The topological polar surface area (TPSA) is 91.6 Å². The average molecular weight is 276 g/mol. The fourth-order valence-electron chi connectivity index (χ4n) is 1.35. The SMILES string of the molecule is CCOC(=O)c1cc(OC)nc(C(F)F)c1[N+](=O)[O-]. The molecule has 0 aliphatic rings. The molecule has 9 heteroatoms. The van der Waals surface area contributed by atoms with Gasteiger partial charge in [-0.15, -0.1) is 0 Å². The summed E-state index contributed by atoms with van der Waals surface area (Å²) >= 11 is 0. The van der Waals surface area contributed by atoms with Gasteiger partial charge in [-0.2, -0.15) is 0 Å². The number of pyridine rings is 1. The zero-order chi connectivity index (χ0) is 14.6. The molecule has 0 amide bonds. The molecule has 0 saturated carbocycles. The third-order valence-corrected chi connectivity index (χ3v) is 2.09. The Morgan fingerprint density at radius 2 is 2.21 bits per heavy atom. The normalized spacial score (nSPS) is 10.4. The lowest BCUT2D eigenvalue weighted by molar-refractivity contribution is -0.387. The van der Waals surface area contributed by atoms with E-state index in [-0.39, 0.29) is 12.5 Å². The zero-order valence-electron chi connectivity index (χ0n) is 10.1. The van der Waals surface area contributed by atoms with Gasteiger partial charge in [-0.3, -0.25) is 10.1 Å². The van der Waals surface area contributed by atoms with Crippen molar-refractivity contribution in [1.29, 1.82) is 0 Å². The number of ether oxygens (including phenoxy) is 2. The maximum absolute atomic E-state index is 12.8. The van der Waals surface area contributed by atoms with Crippen LogP contribution in [0.2, 0.25) is 0 Å². The molecule has 0 fully saturated rings. The van der Waals surface area contributed by atoms with Gasteiger partial charge in [0.2, 0.25) is 5.88 Å². The molecule has 0 radical (unpaired) electrons. The van der Waals surface area contributed by atoms with Crippen LogP contribution >= 0.6 is 0 Å². The molecule has 0 N–H and O–H groups in total. The Labute approximate surface area is 106 Å². The second-order valence-electron chi connectivity index (χ2n) is 3.22. The van der Waals surface area contributed by atoms with Crippen molar-refractivity contribution in [3.63, 3.8) is 0 Å². The quantitative estimate of drug-likeness (QED) is 0.464. The van der Waals surface area contributed by atoms with Gasteiger partial charge in [0.25, 0.3) is 6.43 Å². The number of nitro groups is 1. The van der Waals surface area contributed by atoms with Crippen LogP contribution in [-0.2, 0) is 4.74 Å². The van der Waals surface area contributed by atoms with Gasteiger partial charge in [-0.1, -0.05) is 0 Å². The minimum atomic E-state index is -3.22. The zero-order valence-corrected chi connectivity index (χ0v) is 10.1. The minimum Gasteiger partial charge on any atom is -0.481 e. The number of aromatic nitrogens is 1. The highest BCUT2D eigenvalue weighted by Crippen LogP contribution is 2.33. The summed E-state index contributed by atoms with van der Waals surface area (Å²) in [7, 11) is 1.14. The van der Waals surface area contributed by atoms with Gasteiger partial charge < -0.3 is 9.47 Å². The molecule has 1 heterocycles. The van der Waals surface area contributed by atoms with Crippen molar-refractivity contribution < 1.29 is 28.0 Å². The Morgan fingerprint density at radius 3 is 2.63 bits per heavy atom. The molecule has 0 spiro atoms. The van der Waals surface area contributed by atoms with Crippen molar-refractivity contribution in [1.82, 2.24) is 4.98 Å². The van der Waals surface area contributed by atoms with Crippen LogP contribution in [0, 0.1) is 10.1 Å². The molecular formula is C10H10F2N2O5. The predicted molar refractivity (Wildman–Crippen MR) is 58.4 cm³/mol. The van der Waals surface area contributed by atoms with Crippen molar-refractivity contribution in [2.75, 3.05) is 13.7 Å². The monoisotopic (exact) mass is 276 g/mol. The summed E-state index contributed by atoms with van der Waals surface area (Å²) in [6.07, 6.45) is -3.22. The van der Waals surface area contributed by atoms with Crippen LogP contribution < -0.4 is 4.74 Å². The molecule has 0 bridgehead atoms. The van der Waals surface area contributed by atoms with Crippen molar-refractivity contribution in [3.05, 3.63) is 27.4 Å². The van der Waals surface area contributed by atoms with Crippen LogP contribution in [0.3, 0.4) is 0 Å². The number of carbonyl (C=O) groups excluding carboxylic acids is 1. The number of rotatable bonds is 5. The Morgan fingerprint density at radius 1 is 1.58 bits per heavy atom. The molecule has 0 aliphatic heterocycles. The highest BCUT2D eigenvalue weighted by molar-refractivity contribution is 5.94. The number of hydrogen-bond acceptors (Lipinski definition) is 6. The highest BCUT2D eigenvalue weighted by Gasteiger charge is 2.32. The third-order valence-electron chi connectivity index (χ3n) is 2.09. The van der Waals surface area contributed by atoms with Gasteiger partial charge in [-0.25, -0.2) is 18.6 Å². The van der Waals surface area contributed by atoms with Crippen LogP contribution in [0.5, 0.6) is 5.88 Å². The molecule has 7 nitrogen and oxygen atoms in total. The van der Waals surface area contributed by atoms with Crippen LogP contribution in [-0.4, -0.2) is 29.6 Å². The predicted octanol–water partition coefficient (Wildman–Crippen LogP) is 2.11. The summed E-state index contributed by atoms with van der Waals surface area (Å²) in [6, 6.07) is 0.891. The van der Waals surface area contributed by atoms with E-state index < -0.39 is 34.3 Å². The minimum absolute atomic E-state index is 0.0510. The van der Waals surface area contributed by atoms with Crippen molar-refractivity contribution in [3.8, 4) is 5.88 Å². The van der Waals surface area contributed by atoms with Crippen LogP contribution in [0.15, 0.2) is 6.07 Å².